The monoisotopic (exact) mass is 625 g/mol. The van der Waals surface area contributed by atoms with Crippen molar-refractivity contribution in [3.63, 3.8) is 0 Å². The third-order valence-electron chi connectivity index (χ3n) is 10.0. The number of amides is 2. The number of benzene rings is 1. The molecule has 6 rings (SSSR count). The van der Waals surface area contributed by atoms with Gasteiger partial charge in [-0.05, 0) is 62.8 Å². The third kappa shape index (κ3) is 6.50. The zero-order chi connectivity index (χ0) is 32.4. The number of nitrogens with zero attached hydrogens (tertiary/aromatic N) is 7. The van der Waals surface area contributed by atoms with E-state index in [9.17, 15) is 14.7 Å². The summed E-state index contributed by atoms with van der Waals surface area (Å²) in [5.74, 6) is 5.22. The molecule has 3 heterocycles. The van der Waals surface area contributed by atoms with E-state index in [0.29, 0.717) is 55.4 Å². The van der Waals surface area contributed by atoms with Gasteiger partial charge in [-0.25, -0.2) is 14.8 Å². The maximum Gasteiger partial charge on any atom is 0.433 e. The van der Waals surface area contributed by atoms with E-state index in [0.717, 1.165) is 55.6 Å². The van der Waals surface area contributed by atoms with Crippen molar-refractivity contribution in [2.45, 2.75) is 77.4 Å². The molecule has 1 saturated heterocycles. The summed E-state index contributed by atoms with van der Waals surface area (Å²) in [5, 5.41) is 13.0. The first kappa shape index (κ1) is 31.3. The Balaban J connectivity index is 1.50. The molecular formula is C34H43N9O3. The van der Waals surface area contributed by atoms with Gasteiger partial charge in [0, 0.05) is 45.1 Å². The summed E-state index contributed by atoms with van der Waals surface area (Å²) < 4.78 is 2.24. The summed E-state index contributed by atoms with van der Waals surface area (Å²) in [4.78, 5) is 46.2. The van der Waals surface area contributed by atoms with Crippen LogP contribution in [0.15, 0.2) is 35.3 Å². The summed E-state index contributed by atoms with van der Waals surface area (Å²) in [6.45, 7) is 6.13. The van der Waals surface area contributed by atoms with E-state index in [1.54, 1.807) is 6.92 Å². The second-order valence-corrected chi connectivity index (χ2v) is 13.0. The van der Waals surface area contributed by atoms with E-state index in [-0.39, 0.29) is 29.7 Å². The molecule has 2 aliphatic carbocycles. The zero-order valence-corrected chi connectivity index (χ0v) is 26.6. The van der Waals surface area contributed by atoms with Crippen LogP contribution in [0.3, 0.4) is 0 Å². The standard InChI is InChI=1S/C34H43N9O3/c1-4-23-13-15-24(16-14-23)19-43-28-30(36-21(2)25-11-8-12-25)38-32(29(35)37-34(45)46)39-31(28)40-33(43)42-18-17-41(22(3)44)20-27(42)26-9-6-5-7-10-26/h1,5-7,9-10,21,23-25,27H,8,11-20H2,2-3H3,(H2,35,37)(H,45,46)(H,36,38,39). The normalized spacial score (nSPS) is 23.1. The van der Waals surface area contributed by atoms with Crippen molar-refractivity contribution in [3.8, 4) is 12.3 Å². The Hall–Kier alpha value is -4.66. The number of aliphatic imine (C=N–C) groups is 1. The highest BCUT2D eigenvalue weighted by molar-refractivity contribution is 6.01. The van der Waals surface area contributed by atoms with Gasteiger partial charge in [-0.1, -0.05) is 36.8 Å². The highest BCUT2D eigenvalue weighted by Crippen LogP contribution is 2.38. The molecule has 3 aromatic rings. The predicted molar refractivity (Wildman–Crippen MR) is 178 cm³/mol. The summed E-state index contributed by atoms with van der Waals surface area (Å²) in [6, 6.07) is 10.2. The molecule has 1 aromatic carbocycles. The molecule has 0 spiro atoms. The van der Waals surface area contributed by atoms with Gasteiger partial charge < -0.3 is 30.5 Å². The van der Waals surface area contributed by atoms with Gasteiger partial charge in [0.25, 0.3) is 0 Å². The van der Waals surface area contributed by atoms with Gasteiger partial charge in [-0.15, -0.1) is 12.3 Å². The molecular weight excluding hydrogens is 582 g/mol. The van der Waals surface area contributed by atoms with Crippen molar-refractivity contribution in [2.24, 2.45) is 28.5 Å². The van der Waals surface area contributed by atoms with Crippen molar-refractivity contribution < 1.29 is 14.7 Å². The molecule has 2 aromatic heterocycles. The fourth-order valence-electron chi connectivity index (χ4n) is 7.10. The lowest BCUT2D eigenvalue weighted by Gasteiger charge is -2.42. The van der Waals surface area contributed by atoms with E-state index < -0.39 is 6.09 Å². The number of terminal acetylenes is 1. The smallest absolute Gasteiger partial charge is 0.433 e. The first-order valence-electron chi connectivity index (χ1n) is 16.4. The first-order valence-corrected chi connectivity index (χ1v) is 16.4. The number of hydrogen-bond acceptors (Lipinski definition) is 7. The van der Waals surface area contributed by atoms with Crippen LogP contribution >= 0.6 is 0 Å². The van der Waals surface area contributed by atoms with Crippen LogP contribution < -0.4 is 16.0 Å². The van der Waals surface area contributed by atoms with Gasteiger partial charge in [0.2, 0.25) is 11.9 Å². The summed E-state index contributed by atoms with van der Waals surface area (Å²) >= 11 is 0. The zero-order valence-electron chi connectivity index (χ0n) is 26.6. The van der Waals surface area contributed by atoms with Crippen LogP contribution in [0.25, 0.3) is 11.2 Å². The minimum Gasteiger partial charge on any atom is -0.463 e. The Kier molecular flexibility index (Phi) is 9.10. The number of imidazole rings is 1. The molecule has 12 heteroatoms. The fourth-order valence-corrected chi connectivity index (χ4v) is 7.10. The van der Waals surface area contributed by atoms with Gasteiger partial charge in [-0.3, -0.25) is 4.79 Å². The first-order chi connectivity index (χ1) is 22.2. The lowest BCUT2D eigenvalue weighted by atomic mass is 9.80. The molecule has 2 unspecified atom stereocenters. The number of amidine groups is 1. The lowest BCUT2D eigenvalue weighted by Crippen LogP contribution is -2.50. The number of carboxylic acid groups (broad SMARTS) is 1. The van der Waals surface area contributed by atoms with Crippen LogP contribution in [0.2, 0.25) is 0 Å². The van der Waals surface area contributed by atoms with Crippen molar-refractivity contribution in [2.75, 3.05) is 29.9 Å². The van der Waals surface area contributed by atoms with Crippen LogP contribution in [0.1, 0.15) is 76.2 Å². The molecule has 3 aliphatic rings. The number of anilines is 2. The average Bonchev–Trinajstić information content (AvgIpc) is 3.38. The summed E-state index contributed by atoms with van der Waals surface area (Å²) in [5.41, 5.74) is 8.37. The maximum atomic E-state index is 12.5. The van der Waals surface area contributed by atoms with Crippen LogP contribution in [0, 0.1) is 30.1 Å². The van der Waals surface area contributed by atoms with Crippen molar-refractivity contribution in [1.29, 1.82) is 0 Å². The molecule has 4 N–H and O–H groups in total. The minimum absolute atomic E-state index is 0.0185. The predicted octanol–water partition coefficient (Wildman–Crippen LogP) is 4.66. The molecule has 2 saturated carbocycles. The second-order valence-electron chi connectivity index (χ2n) is 13.0. The highest BCUT2D eigenvalue weighted by atomic mass is 16.4. The topological polar surface area (TPSA) is 155 Å². The number of nitrogens with one attached hydrogen (secondary N) is 1. The minimum atomic E-state index is -1.42. The molecule has 12 nitrogen and oxygen atoms in total. The van der Waals surface area contributed by atoms with Crippen LogP contribution in [-0.4, -0.2) is 73.0 Å². The van der Waals surface area contributed by atoms with Crippen LogP contribution in [-0.2, 0) is 11.3 Å². The number of piperazine rings is 1. The van der Waals surface area contributed by atoms with Gasteiger partial charge in [0.15, 0.2) is 23.1 Å². The van der Waals surface area contributed by atoms with Crippen molar-refractivity contribution in [1.82, 2.24) is 24.4 Å². The van der Waals surface area contributed by atoms with Crippen molar-refractivity contribution in [3.05, 3.63) is 41.7 Å². The molecule has 2 amide bonds. The third-order valence-corrected chi connectivity index (χ3v) is 10.0. The second kappa shape index (κ2) is 13.4. The molecule has 0 bridgehead atoms. The molecule has 242 valence electrons. The molecule has 2 atom stereocenters. The number of carbonyl (C=O) groups excluding carboxylic acids is 1. The SMILES string of the molecule is C#CC1CCC(Cn2c(N3CCN(C(C)=O)CC3c3ccccc3)nc3nc(C(N)=NC(=O)O)nc(NC(C)C4CCC4)c32)CC1. The number of fused-ring (bicyclic) bond motifs is 1. The van der Waals surface area contributed by atoms with E-state index in [1.807, 2.05) is 23.1 Å². The average molecular weight is 626 g/mol. The largest absolute Gasteiger partial charge is 0.463 e. The highest BCUT2D eigenvalue weighted by Gasteiger charge is 2.35. The summed E-state index contributed by atoms with van der Waals surface area (Å²) in [7, 11) is 0. The fraction of sp³-hybridized carbons (Fsp3) is 0.529. The maximum absolute atomic E-state index is 12.5. The Morgan fingerprint density at radius 2 is 1.85 bits per heavy atom. The number of aromatic nitrogens is 4. The Morgan fingerprint density at radius 1 is 1.11 bits per heavy atom. The number of hydrogen-bond donors (Lipinski definition) is 3. The van der Waals surface area contributed by atoms with Gasteiger partial charge in [-0.2, -0.15) is 9.98 Å². The van der Waals surface area contributed by atoms with E-state index >= 15 is 0 Å². The van der Waals surface area contributed by atoms with Gasteiger partial charge in [0.1, 0.15) is 5.52 Å². The van der Waals surface area contributed by atoms with Crippen molar-refractivity contribution >= 4 is 40.8 Å². The van der Waals surface area contributed by atoms with E-state index in [4.69, 9.17) is 27.1 Å². The van der Waals surface area contributed by atoms with Gasteiger partial charge >= 0.3 is 6.09 Å². The number of carbonyl (C=O) groups is 2. The Bertz CT molecular complexity index is 1650. The molecule has 1 aliphatic heterocycles. The van der Waals surface area contributed by atoms with Gasteiger partial charge in [0.05, 0.1) is 6.04 Å². The van der Waals surface area contributed by atoms with Crippen LogP contribution in [0.5, 0.6) is 0 Å². The van der Waals surface area contributed by atoms with E-state index in [1.165, 1.54) is 6.42 Å². The lowest BCUT2D eigenvalue weighted by molar-refractivity contribution is -0.129. The molecule has 3 fully saturated rings. The summed E-state index contributed by atoms with van der Waals surface area (Å²) in [6.07, 6.45) is 11.8. The quantitative estimate of drug-likeness (QED) is 0.184. The number of rotatable bonds is 8. The Morgan fingerprint density at radius 3 is 2.48 bits per heavy atom. The molecule has 0 radical (unpaired) electrons. The van der Waals surface area contributed by atoms with Crippen LogP contribution in [0.4, 0.5) is 16.6 Å². The van der Waals surface area contributed by atoms with E-state index in [2.05, 4.69) is 44.8 Å². The molecule has 46 heavy (non-hydrogen) atoms. The Labute approximate surface area is 269 Å². The number of nitrogens with two attached hydrogens (primary N) is 1.